The van der Waals surface area contributed by atoms with Gasteiger partial charge in [-0.2, -0.15) is 0 Å². The van der Waals surface area contributed by atoms with Gasteiger partial charge in [-0.05, 0) is 31.5 Å². The Hall–Kier alpha value is -2.47. The van der Waals surface area contributed by atoms with Gasteiger partial charge in [0.1, 0.15) is 12.6 Å². The van der Waals surface area contributed by atoms with Crippen LogP contribution in [0, 0.1) is 6.92 Å². The molecule has 2 N–H and O–H groups in total. The van der Waals surface area contributed by atoms with Crippen molar-refractivity contribution in [2.24, 2.45) is 0 Å². The number of carbonyl (C=O) groups is 2. The summed E-state index contributed by atoms with van der Waals surface area (Å²) in [5.41, 5.74) is 2.12. The molecule has 0 aliphatic rings. The van der Waals surface area contributed by atoms with E-state index in [9.17, 15) is 9.59 Å². The molecule has 5 nitrogen and oxygen atoms in total. The quantitative estimate of drug-likeness (QED) is 0.550. The van der Waals surface area contributed by atoms with Crippen molar-refractivity contribution in [3.63, 3.8) is 0 Å². The van der Waals surface area contributed by atoms with Crippen LogP contribution in [-0.4, -0.2) is 30.3 Å². The second-order valence-corrected chi connectivity index (χ2v) is 7.05. The average Bonchev–Trinajstić information content (AvgIpc) is 2.65. The standard InChI is InChI=1S/C20H24N2O3S/c1-15-8-10-18(11-9-15)26-13-12-21-19(23)16(2)22-20(24)25-14-17-6-4-3-5-7-17/h3-11,16H,12-14H2,1-2H3,(H,21,23)(H,22,24)/t16-/m0/s1. The third-order valence-corrected chi connectivity index (χ3v) is 4.65. The second kappa shape index (κ2) is 10.5. The summed E-state index contributed by atoms with van der Waals surface area (Å²) in [5.74, 6) is 0.533. The second-order valence-electron chi connectivity index (χ2n) is 5.88. The fraction of sp³-hybridized carbons (Fsp3) is 0.300. The van der Waals surface area contributed by atoms with Gasteiger partial charge in [-0.25, -0.2) is 4.79 Å². The van der Waals surface area contributed by atoms with Crippen LogP contribution < -0.4 is 10.6 Å². The third kappa shape index (κ3) is 7.19. The van der Waals surface area contributed by atoms with Gasteiger partial charge in [0.05, 0.1) is 0 Å². The first-order chi connectivity index (χ1) is 12.5. The van der Waals surface area contributed by atoms with Gasteiger partial charge in [-0.1, -0.05) is 48.0 Å². The summed E-state index contributed by atoms with van der Waals surface area (Å²) in [6, 6.07) is 17.0. The van der Waals surface area contributed by atoms with Crippen molar-refractivity contribution in [1.29, 1.82) is 0 Å². The Morgan fingerprint density at radius 3 is 2.46 bits per heavy atom. The molecular weight excluding hydrogens is 348 g/mol. The summed E-state index contributed by atoms with van der Waals surface area (Å²) in [5, 5.41) is 5.35. The summed E-state index contributed by atoms with van der Waals surface area (Å²) < 4.78 is 5.11. The molecule has 0 unspecified atom stereocenters. The lowest BCUT2D eigenvalue weighted by Gasteiger charge is -2.14. The molecule has 0 spiro atoms. The molecule has 138 valence electrons. The first-order valence-electron chi connectivity index (χ1n) is 8.49. The minimum Gasteiger partial charge on any atom is -0.445 e. The molecule has 0 heterocycles. The molecule has 0 aliphatic heterocycles. The van der Waals surface area contributed by atoms with E-state index in [1.165, 1.54) is 10.5 Å². The van der Waals surface area contributed by atoms with E-state index in [0.717, 1.165) is 11.3 Å². The van der Waals surface area contributed by atoms with Crippen LogP contribution in [0.3, 0.4) is 0 Å². The Morgan fingerprint density at radius 2 is 1.77 bits per heavy atom. The van der Waals surface area contributed by atoms with Crippen LogP contribution in [-0.2, 0) is 16.1 Å². The first-order valence-corrected chi connectivity index (χ1v) is 9.47. The van der Waals surface area contributed by atoms with Crippen LogP contribution >= 0.6 is 11.8 Å². The fourth-order valence-electron chi connectivity index (χ4n) is 2.14. The Morgan fingerprint density at radius 1 is 1.08 bits per heavy atom. The van der Waals surface area contributed by atoms with Crippen LogP contribution in [0.25, 0.3) is 0 Å². The summed E-state index contributed by atoms with van der Waals surface area (Å²) in [7, 11) is 0. The molecule has 0 aliphatic carbocycles. The zero-order chi connectivity index (χ0) is 18.8. The minimum atomic E-state index is -0.650. The molecule has 0 bridgehead atoms. The van der Waals surface area contributed by atoms with Crippen molar-refractivity contribution >= 4 is 23.8 Å². The maximum atomic E-state index is 12.0. The van der Waals surface area contributed by atoms with Crippen LogP contribution in [0.4, 0.5) is 4.79 Å². The highest BCUT2D eigenvalue weighted by molar-refractivity contribution is 7.99. The predicted octanol–water partition coefficient (Wildman–Crippen LogP) is 3.52. The lowest BCUT2D eigenvalue weighted by Crippen LogP contribution is -2.45. The Labute approximate surface area is 158 Å². The number of alkyl carbamates (subject to hydrolysis) is 1. The normalized spacial score (nSPS) is 11.5. The maximum Gasteiger partial charge on any atom is 0.408 e. The Kier molecular flexibility index (Phi) is 8.02. The molecule has 2 aromatic carbocycles. The van der Waals surface area contributed by atoms with E-state index in [4.69, 9.17) is 4.74 Å². The smallest absolute Gasteiger partial charge is 0.408 e. The van der Waals surface area contributed by atoms with Crippen molar-refractivity contribution < 1.29 is 14.3 Å². The summed E-state index contributed by atoms with van der Waals surface area (Å²) in [4.78, 5) is 24.9. The maximum absolute atomic E-state index is 12.0. The van der Waals surface area contributed by atoms with E-state index in [2.05, 4.69) is 34.9 Å². The molecule has 0 saturated carbocycles. The number of nitrogens with one attached hydrogen (secondary N) is 2. The van der Waals surface area contributed by atoms with E-state index >= 15 is 0 Å². The highest BCUT2D eigenvalue weighted by Gasteiger charge is 2.15. The molecule has 0 fully saturated rings. The third-order valence-electron chi connectivity index (χ3n) is 3.63. The number of benzene rings is 2. The number of hydrogen-bond acceptors (Lipinski definition) is 4. The molecule has 2 aromatic rings. The van der Waals surface area contributed by atoms with Crippen LogP contribution in [0.2, 0.25) is 0 Å². The van der Waals surface area contributed by atoms with Crippen molar-refractivity contribution in [3.8, 4) is 0 Å². The van der Waals surface area contributed by atoms with E-state index in [1.807, 2.05) is 37.3 Å². The molecule has 1 atom stereocenters. The van der Waals surface area contributed by atoms with E-state index < -0.39 is 12.1 Å². The average molecular weight is 372 g/mol. The van der Waals surface area contributed by atoms with E-state index in [0.29, 0.717) is 6.54 Å². The SMILES string of the molecule is Cc1ccc(SCCNC(=O)[C@H](C)NC(=O)OCc2ccccc2)cc1. The Bertz CT molecular complexity index is 705. The molecule has 0 saturated heterocycles. The van der Waals surface area contributed by atoms with Crippen molar-refractivity contribution in [2.45, 2.75) is 31.4 Å². The number of hydrogen-bond donors (Lipinski definition) is 2. The minimum absolute atomic E-state index is 0.175. The van der Waals surface area contributed by atoms with Crippen LogP contribution in [0.1, 0.15) is 18.1 Å². The zero-order valence-electron chi connectivity index (χ0n) is 15.0. The lowest BCUT2D eigenvalue weighted by molar-refractivity contribution is -0.122. The van der Waals surface area contributed by atoms with Crippen LogP contribution in [0.15, 0.2) is 59.5 Å². The Balaban J connectivity index is 1.62. The van der Waals surface area contributed by atoms with Gasteiger partial charge in [0, 0.05) is 17.2 Å². The number of ether oxygens (including phenoxy) is 1. The van der Waals surface area contributed by atoms with Crippen LogP contribution in [0.5, 0.6) is 0 Å². The topological polar surface area (TPSA) is 67.4 Å². The van der Waals surface area contributed by atoms with Gasteiger partial charge in [0.15, 0.2) is 0 Å². The van der Waals surface area contributed by atoms with Crippen molar-refractivity contribution in [3.05, 3.63) is 65.7 Å². The molecular formula is C20H24N2O3S. The van der Waals surface area contributed by atoms with Gasteiger partial charge in [0.25, 0.3) is 0 Å². The largest absolute Gasteiger partial charge is 0.445 e. The molecule has 0 aromatic heterocycles. The predicted molar refractivity (Wildman–Crippen MR) is 104 cm³/mol. The highest BCUT2D eigenvalue weighted by Crippen LogP contribution is 2.17. The zero-order valence-corrected chi connectivity index (χ0v) is 15.8. The molecule has 26 heavy (non-hydrogen) atoms. The van der Waals surface area contributed by atoms with Gasteiger partial charge in [-0.15, -0.1) is 11.8 Å². The van der Waals surface area contributed by atoms with Gasteiger partial charge >= 0.3 is 6.09 Å². The van der Waals surface area contributed by atoms with E-state index in [1.54, 1.807) is 18.7 Å². The lowest BCUT2D eigenvalue weighted by atomic mass is 10.2. The number of rotatable bonds is 8. The molecule has 6 heteroatoms. The summed E-state index contributed by atoms with van der Waals surface area (Å²) in [6.07, 6.45) is -0.606. The highest BCUT2D eigenvalue weighted by atomic mass is 32.2. The number of carbonyl (C=O) groups excluding carboxylic acids is 2. The number of amides is 2. The van der Waals surface area contributed by atoms with Crippen molar-refractivity contribution in [1.82, 2.24) is 10.6 Å². The number of thioether (sulfide) groups is 1. The molecule has 2 rings (SSSR count). The van der Waals surface area contributed by atoms with Gasteiger partial charge < -0.3 is 15.4 Å². The van der Waals surface area contributed by atoms with Gasteiger partial charge in [0.2, 0.25) is 5.91 Å². The molecule has 0 radical (unpaired) electrons. The van der Waals surface area contributed by atoms with Gasteiger partial charge in [-0.3, -0.25) is 4.79 Å². The summed E-state index contributed by atoms with van der Waals surface area (Å²) in [6.45, 7) is 4.39. The summed E-state index contributed by atoms with van der Waals surface area (Å²) >= 11 is 1.68. The van der Waals surface area contributed by atoms with Crippen molar-refractivity contribution in [2.75, 3.05) is 12.3 Å². The fourth-order valence-corrected chi connectivity index (χ4v) is 2.91. The number of aryl methyl sites for hydroxylation is 1. The molecule has 2 amide bonds. The van der Waals surface area contributed by atoms with E-state index in [-0.39, 0.29) is 12.5 Å². The monoisotopic (exact) mass is 372 g/mol. The first kappa shape index (κ1) is 19.8.